The van der Waals surface area contributed by atoms with Crippen molar-refractivity contribution in [3.05, 3.63) is 64.6 Å². The van der Waals surface area contributed by atoms with Crippen molar-refractivity contribution >= 4 is 39.4 Å². The normalized spacial score (nSPS) is 11.9. The molecule has 32 heavy (non-hydrogen) atoms. The first-order chi connectivity index (χ1) is 15.4. The second-order valence-corrected chi connectivity index (χ2v) is 7.16. The van der Waals surface area contributed by atoms with E-state index in [4.69, 9.17) is 9.15 Å². The van der Waals surface area contributed by atoms with Crippen LogP contribution in [0.25, 0.3) is 21.9 Å². The first kappa shape index (κ1) is 21.1. The lowest BCUT2D eigenvalue weighted by Crippen LogP contribution is -2.47. The smallest absolute Gasteiger partial charge is 0.336 e. The van der Waals surface area contributed by atoms with Crippen molar-refractivity contribution in [3.8, 4) is 5.75 Å². The van der Waals surface area contributed by atoms with E-state index in [0.29, 0.717) is 17.0 Å². The molecule has 2 amide bonds. The maximum atomic E-state index is 12.4. The Morgan fingerprint density at radius 1 is 1.22 bits per heavy atom. The van der Waals surface area contributed by atoms with Gasteiger partial charge in [-0.1, -0.05) is 0 Å². The number of benzene rings is 2. The topological polar surface area (TPSA) is 147 Å². The molecule has 0 saturated carbocycles. The van der Waals surface area contributed by atoms with Gasteiger partial charge in [0.25, 0.3) is 5.91 Å². The number of ether oxygens (including phenoxy) is 1. The van der Waals surface area contributed by atoms with Gasteiger partial charge in [-0.15, -0.1) is 0 Å². The summed E-state index contributed by atoms with van der Waals surface area (Å²) in [7, 11) is 0. The minimum absolute atomic E-state index is 0.319. The average molecular weight is 436 g/mol. The highest BCUT2D eigenvalue weighted by atomic mass is 16.5. The number of aromatic amines is 1. The van der Waals surface area contributed by atoms with E-state index in [1.54, 1.807) is 43.5 Å². The number of nitrogens with one attached hydrogen (secondary N) is 3. The highest BCUT2D eigenvalue weighted by molar-refractivity contribution is 5.98. The van der Waals surface area contributed by atoms with E-state index >= 15 is 0 Å². The molecule has 0 aliphatic carbocycles. The molecule has 1 atom stereocenters. The third-order valence-corrected chi connectivity index (χ3v) is 4.84. The number of H-pyrrole nitrogens is 1. The molecular formula is C22H20N4O6. The lowest BCUT2D eigenvalue weighted by Gasteiger charge is -2.16. The predicted molar refractivity (Wildman–Crippen MR) is 116 cm³/mol. The Hall–Kier alpha value is -4.18. The molecule has 2 aromatic heterocycles. The average Bonchev–Trinajstić information content (AvgIpc) is 3.23. The monoisotopic (exact) mass is 436 g/mol. The molecule has 0 radical (unpaired) electrons. The number of rotatable bonds is 7. The lowest BCUT2D eigenvalue weighted by molar-refractivity contribution is -0.128. The van der Waals surface area contributed by atoms with Crippen LogP contribution in [0.5, 0.6) is 5.75 Å². The number of carbonyl (C=O) groups excluding carboxylic acids is 2. The molecule has 0 fully saturated rings. The number of nitrogens with zero attached hydrogens (tertiary/aromatic N) is 1. The Balaban J connectivity index is 1.36. The van der Waals surface area contributed by atoms with Crippen LogP contribution in [0.4, 0.5) is 5.69 Å². The van der Waals surface area contributed by atoms with Crippen LogP contribution in [0.3, 0.4) is 0 Å². The maximum absolute atomic E-state index is 12.4. The van der Waals surface area contributed by atoms with Crippen LogP contribution in [0, 0.1) is 6.92 Å². The Kier molecular flexibility index (Phi) is 5.86. The maximum Gasteiger partial charge on any atom is 0.336 e. The van der Waals surface area contributed by atoms with Crippen molar-refractivity contribution in [2.45, 2.75) is 13.0 Å². The summed E-state index contributed by atoms with van der Waals surface area (Å²) in [5.74, 6) is -0.865. The molecule has 2 aromatic carbocycles. The predicted octanol–water partition coefficient (Wildman–Crippen LogP) is 1.47. The summed E-state index contributed by atoms with van der Waals surface area (Å²) in [6.07, 6.45) is 1.65. The van der Waals surface area contributed by atoms with E-state index in [1.807, 2.05) is 0 Å². The van der Waals surface area contributed by atoms with Crippen molar-refractivity contribution in [1.29, 1.82) is 0 Å². The number of hydrogen-bond acceptors (Lipinski definition) is 7. The molecule has 4 aromatic rings. The number of anilines is 1. The number of carbonyl (C=O) groups is 2. The Bertz CT molecular complexity index is 1360. The van der Waals surface area contributed by atoms with Gasteiger partial charge >= 0.3 is 5.63 Å². The van der Waals surface area contributed by atoms with Gasteiger partial charge in [0.1, 0.15) is 17.4 Å². The summed E-state index contributed by atoms with van der Waals surface area (Å²) < 4.78 is 10.6. The highest BCUT2D eigenvalue weighted by Crippen LogP contribution is 2.22. The second kappa shape index (κ2) is 8.90. The van der Waals surface area contributed by atoms with E-state index in [-0.39, 0.29) is 0 Å². The summed E-state index contributed by atoms with van der Waals surface area (Å²) in [5, 5.41) is 23.0. The van der Waals surface area contributed by atoms with Gasteiger partial charge in [-0.25, -0.2) is 4.79 Å². The van der Waals surface area contributed by atoms with E-state index in [1.165, 1.54) is 12.1 Å². The fourth-order valence-corrected chi connectivity index (χ4v) is 3.22. The largest absolute Gasteiger partial charge is 0.484 e. The molecule has 4 rings (SSSR count). The number of aromatic nitrogens is 2. The first-order valence-electron chi connectivity index (χ1n) is 9.74. The van der Waals surface area contributed by atoms with E-state index in [2.05, 4.69) is 20.8 Å². The van der Waals surface area contributed by atoms with Crippen LogP contribution in [0.2, 0.25) is 0 Å². The third-order valence-electron chi connectivity index (χ3n) is 4.84. The SMILES string of the molecule is Cc1cc(=O)oc2cc(OCC(=O)N[C@@H](CO)C(=O)Nc3ccc4cn[nH]c4c3)ccc12. The van der Waals surface area contributed by atoms with E-state index < -0.39 is 36.7 Å². The highest BCUT2D eigenvalue weighted by Gasteiger charge is 2.20. The molecule has 4 N–H and O–H groups in total. The molecule has 0 aliphatic heterocycles. The molecule has 164 valence electrons. The lowest BCUT2D eigenvalue weighted by atomic mass is 10.1. The van der Waals surface area contributed by atoms with E-state index in [9.17, 15) is 19.5 Å². The van der Waals surface area contributed by atoms with Gasteiger partial charge < -0.3 is 24.9 Å². The Labute approximate surface area is 181 Å². The second-order valence-electron chi connectivity index (χ2n) is 7.16. The molecular weight excluding hydrogens is 416 g/mol. The fraction of sp³-hybridized carbons (Fsp3) is 0.182. The van der Waals surface area contributed by atoms with Crippen LogP contribution >= 0.6 is 0 Å². The zero-order valence-electron chi connectivity index (χ0n) is 17.0. The zero-order chi connectivity index (χ0) is 22.7. The van der Waals surface area contributed by atoms with Gasteiger partial charge in [0.2, 0.25) is 5.91 Å². The van der Waals surface area contributed by atoms with Gasteiger partial charge in [-0.2, -0.15) is 5.10 Å². The molecule has 0 saturated heterocycles. The Morgan fingerprint density at radius 3 is 2.88 bits per heavy atom. The molecule has 2 heterocycles. The van der Waals surface area contributed by atoms with Crippen LogP contribution in [0.15, 0.2) is 57.9 Å². The molecule has 0 aliphatic rings. The number of aliphatic hydroxyl groups excluding tert-OH is 1. The van der Waals surface area contributed by atoms with E-state index in [0.717, 1.165) is 21.9 Å². The van der Waals surface area contributed by atoms with Crippen molar-refractivity contribution in [3.63, 3.8) is 0 Å². The van der Waals surface area contributed by atoms with Gasteiger partial charge in [-0.05, 0) is 42.8 Å². The number of fused-ring (bicyclic) bond motifs is 2. The van der Waals surface area contributed by atoms with Crippen LogP contribution in [-0.4, -0.2) is 46.4 Å². The van der Waals surface area contributed by atoms with Gasteiger partial charge in [0.05, 0.1) is 18.3 Å². The van der Waals surface area contributed by atoms with Crippen molar-refractivity contribution in [2.24, 2.45) is 0 Å². The minimum atomic E-state index is -1.17. The molecule has 10 nitrogen and oxygen atoms in total. The molecule has 0 bridgehead atoms. The fourth-order valence-electron chi connectivity index (χ4n) is 3.22. The van der Waals surface area contributed by atoms with Crippen LogP contribution in [-0.2, 0) is 9.59 Å². The summed E-state index contributed by atoms with van der Waals surface area (Å²) in [6.45, 7) is 0.802. The third kappa shape index (κ3) is 4.60. The summed E-state index contributed by atoms with van der Waals surface area (Å²) >= 11 is 0. The number of hydrogen-bond donors (Lipinski definition) is 4. The summed E-state index contributed by atoms with van der Waals surface area (Å²) in [6, 6.07) is 10.3. The molecule has 10 heteroatoms. The molecule has 0 spiro atoms. The van der Waals surface area contributed by atoms with Crippen molar-refractivity contribution in [2.75, 3.05) is 18.5 Å². The van der Waals surface area contributed by atoms with Crippen molar-refractivity contribution in [1.82, 2.24) is 15.5 Å². The standard InChI is InChI=1S/C22H20N4O6/c1-12-6-21(29)32-19-8-15(4-5-16(12)19)31-11-20(28)25-18(10-27)22(30)24-14-3-2-13-9-23-26-17(13)7-14/h2-9,18,27H,10-11H2,1H3,(H,23,26)(H,24,30)(H,25,28)/t18-/m0/s1. The Morgan fingerprint density at radius 2 is 2.06 bits per heavy atom. The quantitative estimate of drug-likeness (QED) is 0.321. The number of aliphatic hydroxyl groups is 1. The zero-order valence-corrected chi connectivity index (χ0v) is 17.0. The first-order valence-corrected chi connectivity index (χ1v) is 9.74. The summed E-state index contributed by atoms with van der Waals surface area (Å²) in [5.41, 5.74) is 1.86. The van der Waals surface area contributed by atoms with Crippen molar-refractivity contribution < 1.29 is 23.8 Å². The number of aryl methyl sites for hydroxylation is 1. The van der Waals surface area contributed by atoms with Crippen LogP contribution < -0.4 is 21.0 Å². The molecule has 0 unspecified atom stereocenters. The minimum Gasteiger partial charge on any atom is -0.484 e. The number of amides is 2. The van der Waals surface area contributed by atoms with Gasteiger partial charge in [0.15, 0.2) is 6.61 Å². The van der Waals surface area contributed by atoms with Gasteiger partial charge in [0, 0.05) is 28.6 Å². The van der Waals surface area contributed by atoms with Crippen LogP contribution in [0.1, 0.15) is 5.56 Å². The summed E-state index contributed by atoms with van der Waals surface area (Å²) in [4.78, 5) is 36.2. The van der Waals surface area contributed by atoms with Gasteiger partial charge in [-0.3, -0.25) is 14.7 Å².